The van der Waals surface area contributed by atoms with Gasteiger partial charge in [-0.05, 0) is 38.0 Å². The minimum Gasteiger partial charge on any atom is -0.381 e. The third-order valence-corrected chi connectivity index (χ3v) is 2.44. The van der Waals surface area contributed by atoms with Crippen molar-refractivity contribution in [3.63, 3.8) is 0 Å². The molecule has 1 aromatic carbocycles. The van der Waals surface area contributed by atoms with E-state index in [1.165, 1.54) is 5.56 Å². The van der Waals surface area contributed by atoms with E-state index in [9.17, 15) is 0 Å². The minimum absolute atomic E-state index is 0.0167. The molecule has 0 saturated carbocycles. The summed E-state index contributed by atoms with van der Waals surface area (Å²) in [6.07, 6.45) is 0.840. The lowest BCUT2D eigenvalue weighted by Crippen LogP contribution is -2.41. The van der Waals surface area contributed by atoms with Crippen LogP contribution in [0.3, 0.4) is 0 Å². The van der Waals surface area contributed by atoms with Crippen LogP contribution in [-0.2, 0) is 6.42 Å². The first-order valence-corrected chi connectivity index (χ1v) is 5.37. The van der Waals surface area contributed by atoms with Gasteiger partial charge in [0.25, 0.3) is 0 Å². The van der Waals surface area contributed by atoms with Crippen molar-refractivity contribution in [2.45, 2.75) is 25.8 Å². The highest BCUT2D eigenvalue weighted by Crippen LogP contribution is 2.15. The van der Waals surface area contributed by atoms with Crippen LogP contribution in [0.15, 0.2) is 24.3 Å². The highest BCUT2D eigenvalue weighted by atomic mass is 16.3. The molecule has 1 aromatic rings. The Hall–Kier alpha value is -1.10. The molecule has 0 fully saturated rings. The number of hydrogen-bond donors (Lipinski definition) is 4. The molecule has 0 unspecified atom stereocenters. The molecule has 0 atom stereocenters. The topological polar surface area (TPSA) is 64.5 Å². The van der Waals surface area contributed by atoms with E-state index >= 15 is 0 Å². The van der Waals surface area contributed by atoms with Crippen molar-refractivity contribution < 1.29 is 10.2 Å². The highest BCUT2D eigenvalue weighted by molar-refractivity contribution is 5.44. The van der Waals surface area contributed by atoms with Crippen LogP contribution in [0.25, 0.3) is 0 Å². The van der Waals surface area contributed by atoms with E-state index in [1.54, 1.807) is 0 Å². The SMILES string of the molecule is CC(C)(Cc1ccc(NCO)cc1)NCO. The van der Waals surface area contributed by atoms with Gasteiger partial charge in [-0.25, -0.2) is 0 Å². The Morgan fingerprint density at radius 2 is 1.69 bits per heavy atom. The molecule has 4 nitrogen and oxygen atoms in total. The average molecular weight is 224 g/mol. The zero-order chi connectivity index (χ0) is 12.0. The predicted molar refractivity (Wildman–Crippen MR) is 65.2 cm³/mol. The average Bonchev–Trinajstić information content (AvgIpc) is 2.21. The van der Waals surface area contributed by atoms with Crippen LogP contribution in [0.5, 0.6) is 0 Å². The van der Waals surface area contributed by atoms with Crippen molar-refractivity contribution in [2.75, 3.05) is 18.8 Å². The van der Waals surface area contributed by atoms with Gasteiger partial charge in [-0.15, -0.1) is 0 Å². The van der Waals surface area contributed by atoms with Crippen LogP contribution in [0, 0.1) is 0 Å². The second kappa shape index (κ2) is 5.84. The predicted octanol–water partition coefficient (Wildman–Crippen LogP) is 0.909. The maximum absolute atomic E-state index is 8.85. The molecule has 1 rings (SSSR count). The summed E-state index contributed by atoms with van der Waals surface area (Å²) in [5, 5.41) is 23.4. The number of anilines is 1. The Balaban J connectivity index is 2.61. The van der Waals surface area contributed by atoms with Gasteiger partial charge in [-0.2, -0.15) is 0 Å². The first-order valence-electron chi connectivity index (χ1n) is 5.37. The smallest absolute Gasteiger partial charge is 0.113 e. The Bertz CT molecular complexity index is 309. The standard InChI is InChI=1S/C12H20N2O2/c1-12(2,14-9-16)7-10-3-5-11(6-4-10)13-8-15/h3-6,13-16H,7-9H2,1-2H3. The Labute approximate surface area is 96.3 Å². The third-order valence-electron chi connectivity index (χ3n) is 2.44. The molecular formula is C12H20N2O2. The van der Waals surface area contributed by atoms with Gasteiger partial charge in [-0.1, -0.05) is 12.1 Å². The van der Waals surface area contributed by atoms with E-state index < -0.39 is 0 Å². The van der Waals surface area contributed by atoms with E-state index in [2.05, 4.69) is 10.6 Å². The lowest BCUT2D eigenvalue weighted by atomic mass is 9.95. The van der Waals surface area contributed by atoms with Gasteiger partial charge < -0.3 is 15.5 Å². The summed E-state index contributed by atoms with van der Waals surface area (Å²) in [6.45, 7) is 4.01. The maximum Gasteiger partial charge on any atom is 0.113 e. The van der Waals surface area contributed by atoms with Crippen LogP contribution < -0.4 is 10.6 Å². The zero-order valence-electron chi connectivity index (χ0n) is 9.83. The van der Waals surface area contributed by atoms with Crippen molar-refractivity contribution >= 4 is 5.69 Å². The molecule has 0 aromatic heterocycles. The van der Waals surface area contributed by atoms with Crippen LogP contribution in [0.2, 0.25) is 0 Å². The third kappa shape index (κ3) is 4.18. The summed E-state index contributed by atoms with van der Waals surface area (Å²) in [6, 6.07) is 7.89. The number of nitrogens with one attached hydrogen (secondary N) is 2. The second-order valence-corrected chi connectivity index (χ2v) is 4.43. The molecule has 0 saturated heterocycles. The molecule has 0 bridgehead atoms. The Morgan fingerprint density at radius 3 is 2.19 bits per heavy atom. The largest absolute Gasteiger partial charge is 0.381 e. The molecule has 16 heavy (non-hydrogen) atoms. The van der Waals surface area contributed by atoms with Crippen LogP contribution >= 0.6 is 0 Å². The van der Waals surface area contributed by atoms with Crippen molar-refractivity contribution in [3.05, 3.63) is 29.8 Å². The van der Waals surface area contributed by atoms with Crippen molar-refractivity contribution in [1.82, 2.24) is 5.32 Å². The molecule has 0 heterocycles. The molecule has 0 aliphatic heterocycles. The number of aliphatic hydroxyl groups is 2. The van der Waals surface area contributed by atoms with E-state index in [-0.39, 0.29) is 19.0 Å². The van der Waals surface area contributed by atoms with E-state index in [4.69, 9.17) is 10.2 Å². The van der Waals surface area contributed by atoms with Crippen LogP contribution in [0.4, 0.5) is 5.69 Å². The fraction of sp³-hybridized carbons (Fsp3) is 0.500. The van der Waals surface area contributed by atoms with Gasteiger partial charge in [0.05, 0.1) is 6.73 Å². The van der Waals surface area contributed by atoms with Gasteiger partial charge in [0, 0.05) is 11.2 Å². The Morgan fingerprint density at radius 1 is 1.06 bits per heavy atom. The summed E-state index contributed by atoms with van der Waals surface area (Å²) in [7, 11) is 0. The van der Waals surface area contributed by atoms with E-state index in [0.29, 0.717) is 0 Å². The minimum atomic E-state index is -0.124. The zero-order valence-corrected chi connectivity index (χ0v) is 9.83. The van der Waals surface area contributed by atoms with Crippen molar-refractivity contribution in [3.8, 4) is 0 Å². The molecule has 0 aliphatic rings. The van der Waals surface area contributed by atoms with Gasteiger partial charge in [0.2, 0.25) is 0 Å². The lowest BCUT2D eigenvalue weighted by molar-refractivity contribution is 0.209. The summed E-state index contributed by atoms with van der Waals surface area (Å²) < 4.78 is 0. The maximum atomic E-state index is 8.85. The van der Waals surface area contributed by atoms with Crippen molar-refractivity contribution in [1.29, 1.82) is 0 Å². The molecule has 4 N–H and O–H groups in total. The normalized spacial score (nSPS) is 11.5. The Kier molecular flexibility index (Phi) is 4.73. The molecular weight excluding hydrogens is 204 g/mol. The summed E-state index contributed by atoms with van der Waals surface area (Å²) >= 11 is 0. The van der Waals surface area contributed by atoms with Gasteiger partial charge in [0.15, 0.2) is 0 Å². The second-order valence-electron chi connectivity index (χ2n) is 4.43. The summed E-state index contributed by atoms with van der Waals surface area (Å²) in [4.78, 5) is 0. The molecule has 0 aliphatic carbocycles. The first kappa shape index (κ1) is 13.0. The quantitative estimate of drug-likeness (QED) is 0.542. The molecule has 4 heteroatoms. The highest BCUT2D eigenvalue weighted by Gasteiger charge is 2.16. The first-order chi connectivity index (χ1) is 7.57. The van der Waals surface area contributed by atoms with Gasteiger partial charge >= 0.3 is 0 Å². The summed E-state index contributed by atoms with van der Waals surface area (Å²) in [5.74, 6) is 0. The van der Waals surface area contributed by atoms with E-state index in [0.717, 1.165) is 12.1 Å². The number of hydrogen-bond acceptors (Lipinski definition) is 4. The number of aliphatic hydroxyl groups excluding tert-OH is 2. The number of benzene rings is 1. The van der Waals surface area contributed by atoms with E-state index in [1.807, 2.05) is 38.1 Å². The monoisotopic (exact) mass is 224 g/mol. The van der Waals surface area contributed by atoms with Crippen molar-refractivity contribution in [2.24, 2.45) is 0 Å². The van der Waals surface area contributed by atoms with Crippen LogP contribution in [0.1, 0.15) is 19.4 Å². The van der Waals surface area contributed by atoms with Gasteiger partial charge in [-0.3, -0.25) is 5.32 Å². The molecule has 0 radical (unpaired) electrons. The fourth-order valence-electron chi connectivity index (χ4n) is 1.62. The van der Waals surface area contributed by atoms with Crippen LogP contribution in [-0.4, -0.2) is 29.2 Å². The molecule has 0 spiro atoms. The summed E-state index contributed by atoms with van der Waals surface area (Å²) in [5.41, 5.74) is 1.97. The fourth-order valence-corrected chi connectivity index (χ4v) is 1.62. The van der Waals surface area contributed by atoms with Gasteiger partial charge in [0.1, 0.15) is 6.73 Å². The molecule has 0 amide bonds. The lowest BCUT2D eigenvalue weighted by Gasteiger charge is -2.25. The molecule has 90 valence electrons. The number of rotatable bonds is 6.